The van der Waals surface area contributed by atoms with Crippen molar-refractivity contribution >= 4 is 41.0 Å². The number of nitrogens with zero attached hydrogens (tertiary/aromatic N) is 2. The molecule has 10 nitrogen and oxygen atoms in total. The van der Waals surface area contributed by atoms with Gasteiger partial charge in [-0.25, -0.2) is 4.79 Å². The number of amides is 4. The van der Waals surface area contributed by atoms with E-state index in [1.54, 1.807) is 25.3 Å². The van der Waals surface area contributed by atoms with Crippen molar-refractivity contribution in [3.63, 3.8) is 0 Å². The van der Waals surface area contributed by atoms with Crippen LogP contribution in [0.15, 0.2) is 42.2 Å². The highest BCUT2D eigenvalue weighted by Gasteiger charge is 2.41. The molecular weight excluding hydrogens is 591 g/mol. The fraction of sp³-hybridized carbons (Fsp3) is 0.581. The molecule has 4 amide bonds. The standard InChI is InChI=1S/C31H44Cl2N6O4/c1-43-25-9-7-24(8-10-25)36-30(42)35-21-31(12-3-2-4-13-31)39-17-15-38(16-18-39)29(41)27(37-28(40)11-14-34)19-22-5-6-23(32)20-26(22)33/h5-7,9-10,20,24,27H,2-4,8,11-19,21,34H2,1H3,(H,37,40)(H2,35,36,42). The van der Waals surface area contributed by atoms with E-state index < -0.39 is 6.04 Å². The van der Waals surface area contributed by atoms with Gasteiger partial charge in [-0.05, 0) is 49.1 Å². The van der Waals surface area contributed by atoms with Gasteiger partial charge in [0.25, 0.3) is 0 Å². The van der Waals surface area contributed by atoms with E-state index in [9.17, 15) is 14.4 Å². The Balaban J connectivity index is 1.36. The molecule has 2 unspecified atom stereocenters. The quantitative estimate of drug-likeness (QED) is 0.295. The van der Waals surface area contributed by atoms with Crippen molar-refractivity contribution in [1.82, 2.24) is 25.8 Å². The Hall–Kier alpha value is -2.79. The van der Waals surface area contributed by atoms with Gasteiger partial charge in [0, 0.05) is 67.7 Å². The number of nitrogens with two attached hydrogens (primary N) is 1. The van der Waals surface area contributed by atoms with E-state index in [2.05, 4.69) is 20.9 Å². The number of hydrogen-bond donors (Lipinski definition) is 4. The average Bonchev–Trinajstić information content (AvgIpc) is 3.01. The number of carbonyl (C=O) groups is 3. The summed E-state index contributed by atoms with van der Waals surface area (Å²) in [7, 11) is 1.63. The van der Waals surface area contributed by atoms with Gasteiger partial charge in [-0.3, -0.25) is 14.5 Å². The number of rotatable bonds is 11. The Morgan fingerprint density at radius 1 is 1.12 bits per heavy atom. The molecule has 1 saturated carbocycles. The summed E-state index contributed by atoms with van der Waals surface area (Å²) in [6.45, 7) is 3.20. The summed E-state index contributed by atoms with van der Waals surface area (Å²) in [6.07, 6.45) is 12.3. The summed E-state index contributed by atoms with van der Waals surface area (Å²) in [5, 5.41) is 10.0. The van der Waals surface area contributed by atoms with E-state index in [-0.39, 0.29) is 48.8 Å². The molecule has 2 atom stereocenters. The molecule has 2 fully saturated rings. The lowest BCUT2D eigenvalue weighted by Crippen LogP contribution is -2.64. The topological polar surface area (TPSA) is 129 Å². The fourth-order valence-electron chi connectivity index (χ4n) is 6.26. The lowest BCUT2D eigenvalue weighted by Gasteiger charge is -2.50. The van der Waals surface area contributed by atoms with E-state index in [1.807, 2.05) is 23.1 Å². The monoisotopic (exact) mass is 634 g/mol. The van der Waals surface area contributed by atoms with Crippen molar-refractivity contribution in [2.45, 2.75) is 69.0 Å². The molecule has 0 bridgehead atoms. The van der Waals surface area contributed by atoms with E-state index in [4.69, 9.17) is 33.7 Å². The molecule has 43 heavy (non-hydrogen) atoms. The van der Waals surface area contributed by atoms with Crippen LogP contribution >= 0.6 is 23.2 Å². The molecule has 1 aromatic rings. The van der Waals surface area contributed by atoms with Crippen LogP contribution in [0.3, 0.4) is 0 Å². The van der Waals surface area contributed by atoms with Gasteiger partial charge in [-0.2, -0.15) is 0 Å². The zero-order valence-corrected chi connectivity index (χ0v) is 26.4. The summed E-state index contributed by atoms with van der Waals surface area (Å²) in [5.41, 5.74) is 6.16. The highest BCUT2D eigenvalue weighted by molar-refractivity contribution is 6.35. The molecule has 12 heteroatoms. The zero-order chi connectivity index (χ0) is 30.8. The number of halogens is 2. The zero-order valence-electron chi connectivity index (χ0n) is 24.9. The molecule has 2 aliphatic carbocycles. The smallest absolute Gasteiger partial charge is 0.315 e. The number of carbonyl (C=O) groups excluding carboxylic acids is 3. The first-order valence-electron chi connectivity index (χ1n) is 15.2. The van der Waals surface area contributed by atoms with Crippen LogP contribution in [0.5, 0.6) is 0 Å². The minimum atomic E-state index is -0.762. The third-order valence-electron chi connectivity index (χ3n) is 8.69. The Kier molecular flexibility index (Phi) is 12.2. The van der Waals surface area contributed by atoms with Crippen LogP contribution in [-0.2, 0) is 20.7 Å². The maximum atomic E-state index is 13.7. The molecule has 1 aliphatic heterocycles. The molecule has 3 aliphatic rings. The first-order valence-corrected chi connectivity index (χ1v) is 15.9. The molecule has 4 rings (SSSR count). The Bertz CT molecular complexity index is 1190. The third-order valence-corrected chi connectivity index (χ3v) is 9.27. The Morgan fingerprint density at radius 3 is 2.49 bits per heavy atom. The molecule has 1 aromatic carbocycles. The summed E-state index contributed by atoms with van der Waals surface area (Å²) in [6, 6.07) is 4.13. The van der Waals surface area contributed by atoms with Crippen LogP contribution < -0.4 is 21.7 Å². The lowest BCUT2D eigenvalue weighted by molar-refractivity contribution is -0.139. The lowest BCUT2D eigenvalue weighted by atomic mass is 9.79. The van der Waals surface area contributed by atoms with Crippen molar-refractivity contribution < 1.29 is 19.1 Å². The number of nitrogens with one attached hydrogen (secondary N) is 3. The second kappa shape index (κ2) is 15.8. The minimum absolute atomic E-state index is 0.0724. The average molecular weight is 636 g/mol. The molecule has 0 aromatic heterocycles. The first kappa shape index (κ1) is 33.1. The summed E-state index contributed by atoms with van der Waals surface area (Å²) >= 11 is 12.5. The van der Waals surface area contributed by atoms with Crippen molar-refractivity contribution in [3.8, 4) is 0 Å². The molecule has 236 valence electrons. The fourth-order valence-corrected chi connectivity index (χ4v) is 6.75. The van der Waals surface area contributed by atoms with Gasteiger partial charge >= 0.3 is 6.03 Å². The largest absolute Gasteiger partial charge is 0.497 e. The highest BCUT2D eigenvalue weighted by atomic mass is 35.5. The van der Waals surface area contributed by atoms with E-state index in [1.165, 1.54) is 6.42 Å². The molecule has 0 spiro atoms. The number of benzene rings is 1. The van der Waals surface area contributed by atoms with E-state index >= 15 is 0 Å². The number of methoxy groups -OCH3 is 1. The van der Waals surface area contributed by atoms with Crippen LogP contribution in [0, 0.1) is 0 Å². The van der Waals surface area contributed by atoms with Crippen molar-refractivity contribution in [3.05, 3.63) is 57.8 Å². The first-order chi connectivity index (χ1) is 20.7. The van der Waals surface area contributed by atoms with Crippen LogP contribution in [0.2, 0.25) is 10.0 Å². The van der Waals surface area contributed by atoms with Crippen LogP contribution in [0.1, 0.15) is 50.5 Å². The highest BCUT2D eigenvalue weighted by Crippen LogP contribution is 2.34. The number of urea groups is 1. The maximum Gasteiger partial charge on any atom is 0.315 e. The predicted molar refractivity (Wildman–Crippen MR) is 169 cm³/mol. The van der Waals surface area contributed by atoms with Crippen molar-refractivity contribution in [2.24, 2.45) is 5.73 Å². The number of ether oxygens (including phenoxy) is 1. The summed E-state index contributed by atoms with van der Waals surface area (Å²) in [4.78, 5) is 43.3. The van der Waals surface area contributed by atoms with Crippen LogP contribution in [0.4, 0.5) is 4.79 Å². The molecular formula is C31H44Cl2N6O4. The van der Waals surface area contributed by atoms with Gasteiger partial charge in [0.15, 0.2) is 0 Å². The van der Waals surface area contributed by atoms with Gasteiger partial charge in [0.1, 0.15) is 11.8 Å². The van der Waals surface area contributed by atoms with Gasteiger partial charge < -0.3 is 31.3 Å². The predicted octanol–water partition coefficient (Wildman–Crippen LogP) is 3.37. The number of piperazine rings is 1. The SMILES string of the molecule is COC1=CCC(NC(=O)NCC2(N3CCN(C(=O)C(Cc4ccc(Cl)cc4Cl)NC(=O)CCN)CC3)CCCCC2)C=C1. The Morgan fingerprint density at radius 2 is 1.86 bits per heavy atom. The van der Waals surface area contributed by atoms with E-state index in [0.29, 0.717) is 49.2 Å². The molecule has 1 heterocycles. The maximum absolute atomic E-state index is 13.7. The number of allylic oxidation sites excluding steroid dienone is 1. The van der Waals surface area contributed by atoms with Crippen molar-refractivity contribution in [1.29, 1.82) is 0 Å². The number of hydrogen-bond acceptors (Lipinski definition) is 6. The van der Waals surface area contributed by atoms with Gasteiger partial charge in [-0.1, -0.05) is 54.6 Å². The molecule has 5 N–H and O–H groups in total. The Labute approximate surface area is 264 Å². The second-order valence-corrected chi connectivity index (χ2v) is 12.4. The minimum Gasteiger partial charge on any atom is -0.497 e. The summed E-state index contributed by atoms with van der Waals surface area (Å²) in [5.74, 6) is 0.390. The van der Waals surface area contributed by atoms with Gasteiger partial charge in [0.05, 0.1) is 13.2 Å². The summed E-state index contributed by atoms with van der Waals surface area (Å²) < 4.78 is 5.23. The van der Waals surface area contributed by atoms with E-state index in [0.717, 1.165) is 37.0 Å². The van der Waals surface area contributed by atoms with Gasteiger partial charge in [0.2, 0.25) is 11.8 Å². The second-order valence-electron chi connectivity index (χ2n) is 11.5. The van der Waals surface area contributed by atoms with Crippen LogP contribution in [0.25, 0.3) is 0 Å². The van der Waals surface area contributed by atoms with Crippen LogP contribution in [-0.4, -0.2) is 91.6 Å². The normalized spacial score (nSPS) is 21.0. The molecule has 0 radical (unpaired) electrons. The third kappa shape index (κ3) is 9.11. The van der Waals surface area contributed by atoms with Crippen molar-refractivity contribution in [2.75, 3.05) is 46.4 Å². The molecule has 1 saturated heterocycles. The van der Waals surface area contributed by atoms with Gasteiger partial charge in [-0.15, -0.1) is 0 Å².